The van der Waals surface area contributed by atoms with E-state index >= 15 is 0 Å². The number of aryl methyl sites for hydroxylation is 1. The van der Waals surface area contributed by atoms with Gasteiger partial charge in [-0.05, 0) is 62.2 Å². The van der Waals surface area contributed by atoms with Gasteiger partial charge in [-0.1, -0.05) is 11.6 Å². The summed E-state index contributed by atoms with van der Waals surface area (Å²) in [5.41, 5.74) is 3.30. The molecule has 0 saturated heterocycles. The maximum atomic E-state index is 12.7. The average Bonchev–Trinajstić information content (AvgIpc) is 3.52. The summed E-state index contributed by atoms with van der Waals surface area (Å²) in [6.45, 7) is 1.97. The third-order valence-corrected chi connectivity index (χ3v) is 4.82. The van der Waals surface area contributed by atoms with Crippen molar-refractivity contribution in [3.05, 3.63) is 70.8 Å². The summed E-state index contributed by atoms with van der Waals surface area (Å²) in [6.07, 6.45) is 3.70. The van der Waals surface area contributed by atoms with Gasteiger partial charge in [0.05, 0.1) is 7.11 Å². The predicted octanol–water partition coefficient (Wildman–Crippen LogP) is 3.99. The number of rotatable bonds is 4. The molecule has 0 atom stereocenters. The lowest BCUT2D eigenvalue weighted by Crippen LogP contribution is -2.27. The Hall–Kier alpha value is -3.52. The lowest BCUT2D eigenvalue weighted by atomic mass is 9.93. The summed E-state index contributed by atoms with van der Waals surface area (Å²) in [4.78, 5) is 12.7. The standard InChI is InChI=1S/C23H20N2O3/c1-14-3-10-21-19(11-14)18(20(13-24)23(26)25-16-6-7-16)12-22(28-21)15-4-8-17(27-2)9-5-15/h3-5,8-12,16H,6-7H2,1-2H3,(H,25,26)/b20-18+. The zero-order valence-corrected chi connectivity index (χ0v) is 15.8. The van der Waals surface area contributed by atoms with Crippen LogP contribution in [0, 0.1) is 18.3 Å². The second-order valence-electron chi connectivity index (χ2n) is 6.99. The van der Waals surface area contributed by atoms with Crippen molar-refractivity contribution in [2.24, 2.45) is 0 Å². The summed E-state index contributed by atoms with van der Waals surface area (Å²) < 4.78 is 11.3. The van der Waals surface area contributed by atoms with Gasteiger partial charge in [0.15, 0.2) is 0 Å². The molecule has 140 valence electrons. The van der Waals surface area contributed by atoms with Crippen LogP contribution in [0.4, 0.5) is 0 Å². The Kier molecular flexibility index (Phi) is 4.62. The highest BCUT2D eigenvalue weighted by Crippen LogP contribution is 2.39. The van der Waals surface area contributed by atoms with Crippen molar-refractivity contribution in [2.45, 2.75) is 25.8 Å². The lowest BCUT2D eigenvalue weighted by Gasteiger charge is -2.22. The molecule has 0 bridgehead atoms. The van der Waals surface area contributed by atoms with Gasteiger partial charge in [0.25, 0.3) is 5.91 Å². The number of allylic oxidation sites excluding steroid dienone is 2. The quantitative estimate of drug-likeness (QED) is 0.651. The molecule has 28 heavy (non-hydrogen) atoms. The largest absolute Gasteiger partial charge is 0.497 e. The van der Waals surface area contributed by atoms with E-state index in [0.29, 0.717) is 17.1 Å². The van der Waals surface area contributed by atoms with Gasteiger partial charge < -0.3 is 14.8 Å². The van der Waals surface area contributed by atoms with Crippen LogP contribution in [0.3, 0.4) is 0 Å². The van der Waals surface area contributed by atoms with E-state index in [-0.39, 0.29) is 17.5 Å². The van der Waals surface area contributed by atoms with Crippen molar-refractivity contribution < 1.29 is 14.3 Å². The van der Waals surface area contributed by atoms with E-state index in [1.807, 2.05) is 49.4 Å². The molecule has 1 aliphatic carbocycles. The first-order valence-corrected chi connectivity index (χ1v) is 9.19. The van der Waals surface area contributed by atoms with Gasteiger partial charge in [-0.25, -0.2) is 0 Å². The summed E-state index contributed by atoms with van der Waals surface area (Å²) in [5, 5.41) is 12.7. The second-order valence-corrected chi connectivity index (χ2v) is 6.99. The normalized spacial score (nSPS) is 16.8. The van der Waals surface area contributed by atoms with Gasteiger partial charge in [-0.3, -0.25) is 4.79 Å². The average molecular weight is 372 g/mol. The number of amides is 1. The van der Waals surface area contributed by atoms with E-state index in [1.54, 1.807) is 13.2 Å². The Labute approximate surface area is 163 Å². The van der Waals surface area contributed by atoms with Gasteiger partial charge in [-0.2, -0.15) is 5.26 Å². The van der Waals surface area contributed by atoms with E-state index in [9.17, 15) is 10.1 Å². The minimum atomic E-state index is -0.334. The molecule has 2 aromatic rings. The van der Waals surface area contributed by atoms with Gasteiger partial charge in [-0.15, -0.1) is 0 Å². The van der Waals surface area contributed by atoms with Crippen LogP contribution in [0.5, 0.6) is 11.5 Å². The lowest BCUT2D eigenvalue weighted by molar-refractivity contribution is -0.117. The van der Waals surface area contributed by atoms with Crippen molar-refractivity contribution in [3.8, 4) is 17.6 Å². The number of ether oxygens (including phenoxy) is 2. The van der Waals surface area contributed by atoms with Crippen molar-refractivity contribution in [1.29, 1.82) is 5.26 Å². The summed E-state index contributed by atoms with van der Waals surface area (Å²) in [5.74, 6) is 1.62. The first-order valence-electron chi connectivity index (χ1n) is 9.19. The fourth-order valence-corrected chi connectivity index (χ4v) is 3.12. The van der Waals surface area contributed by atoms with Crippen molar-refractivity contribution in [1.82, 2.24) is 5.32 Å². The van der Waals surface area contributed by atoms with E-state index < -0.39 is 0 Å². The molecule has 1 amide bonds. The fraction of sp³-hybridized carbons (Fsp3) is 0.217. The molecule has 0 aromatic heterocycles. The Bertz CT molecular complexity index is 1040. The molecule has 5 heteroatoms. The van der Waals surface area contributed by atoms with Crippen molar-refractivity contribution >= 4 is 17.2 Å². The van der Waals surface area contributed by atoms with Crippen LogP contribution in [-0.2, 0) is 4.79 Å². The topological polar surface area (TPSA) is 71.3 Å². The predicted molar refractivity (Wildman–Crippen MR) is 106 cm³/mol. The van der Waals surface area contributed by atoms with Crippen LogP contribution in [0.15, 0.2) is 54.1 Å². The number of carbonyl (C=O) groups excluding carboxylic acids is 1. The molecule has 4 rings (SSSR count). The van der Waals surface area contributed by atoms with Crippen LogP contribution in [0.1, 0.15) is 29.5 Å². The highest BCUT2D eigenvalue weighted by atomic mass is 16.5. The zero-order chi connectivity index (χ0) is 19.7. The van der Waals surface area contributed by atoms with Gasteiger partial charge in [0.2, 0.25) is 0 Å². The number of nitrogens with one attached hydrogen (secondary N) is 1. The van der Waals surface area contributed by atoms with Gasteiger partial charge >= 0.3 is 0 Å². The molecule has 1 heterocycles. The molecule has 0 spiro atoms. The summed E-state index contributed by atoms with van der Waals surface area (Å²) in [6, 6.07) is 15.5. The van der Waals surface area contributed by atoms with Gasteiger partial charge in [0, 0.05) is 22.7 Å². The minimum absolute atomic E-state index is 0.105. The molecule has 2 aliphatic rings. The molecule has 5 nitrogen and oxygen atoms in total. The monoisotopic (exact) mass is 372 g/mol. The molecular weight excluding hydrogens is 352 g/mol. The third kappa shape index (κ3) is 3.49. The number of hydrogen-bond donors (Lipinski definition) is 1. The number of nitriles is 1. The molecule has 2 aromatic carbocycles. The molecule has 0 radical (unpaired) electrons. The minimum Gasteiger partial charge on any atom is -0.497 e. The SMILES string of the molecule is COc1ccc(C2=C/C(=C(/C#N)C(=O)NC3CC3)c3cc(C)ccc3O2)cc1. The van der Waals surface area contributed by atoms with E-state index in [1.165, 1.54) is 0 Å². The molecular formula is C23H20N2O3. The summed E-state index contributed by atoms with van der Waals surface area (Å²) >= 11 is 0. The second kappa shape index (κ2) is 7.24. The van der Waals surface area contributed by atoms with Crippen LogP contribution >= 0.6 is 0 Å². The Morgan fingerprint density at radius 2 is 1.96 bits per heavy atom. The summed E-state index contributed by atoms with van der Waals surface area (Å²) in [7, 11) is 1.61. The maximum Gasteiger partial charge on any atom is 0.262 e. The number of nitrogens with zero attached hydrogens (tertiary/aromatic N) is 1. The number of fused-ring (bicyclic) bond motifs is 1. The zero-order valence-electron chi connectivity index (χ0n) is 15.8. The molecule has 1 aliphatic heterocycles. The van der Waals surface area contributed by atoms with Crippen LogP contribution < -0.4 is 14.8 Å². The van der Waals surface area contributed by atoms with Gasteiger partial charge in [0.1, 0.15) is 28.9 Å². The first-order chi connectivity index (χ1) is 13.6. The highest BCUT2D eigenvalue weighted by molar-refractivity contribution is 6.09. The number of benzene rings is 2. The molecule has 1 N–H and O–H groups in total. The van der Waals surface area contributed by atoms with E-state index in [2.05, 4.69) is 11.4 Å². The van der Waals surface area contributed by atoms with Crippen molar-refractivity contribution in [2.75, 3.05) is 7.11 Å². The number of hydrogen-bond acceptors (Lipinski definition) is 4. The smallest absolute Gasteiger partial charge is 0.262 e. The molecule has 1 saturated carbocycles. The Morgan fingerprint density at radius 1 is 1.21 bits per heavy atom. The fourth-order valence-electron chi connectivity index (χ4n) is 3.12. The highest BCUT2D eigenvalue weighted by Gasteiger charge is 2.28. The van der Waals surface area contributed by atoms with E-state index in [0.717, 1.165) is 35.3 Å². The number of carbonyl (C=O) groups is 1. The van der Waals surface area contributed by atoms with Crippen molar-refractivity contribution in [3.63, 3.8) is 0 Å². The van der Waals surface area contributed by atoms with Crippen LogP contribution in [-0.4, -0.2) is 19.1 Å². The first kappa shape index (κ1) is 17.9. The van der Waals surface area contributed by atoms with E-state index in [4.69, 9.17) is 9.47 Å². The Morgan fingerprint density at radius 3 is 2.61 bits per heavy atom. The molecule has 1 fully saturated rings. The maximum absolute atomic E-state index is 12.7. The third-order valence-electron chi connectivity index (χ3n) is 4.82. The van der Waals surface area contributed by atoms with Crippen LogP contribution in [0.25, 0.3) is 11.3 Å². The molecule has 0 unspecified atom stereocenters. The number of methoxy groups -OCH3 is 1. The van der Waals surface area contributed by atoms with Crippen LogP contribution in [0.2, 0.25) is 0 Å². The Balaban J connectivity index is 1.83.